The summed E-state index contributed by atoms with van der Waals surface area (Å²) in [7, 11) is 0. The summed E-state index contributed by atoms with van der Waals surface area (Å²) in [4.78, 5) is 2.98. The van der Waals surface area contributed by atoms with Crippen LogP contribution >= 0.6 is 11.6 Å². The lowest BCUT2D eigenvalue weighted by Gasteiger charge is -2.11. The Balaban J connectivity index is 2.49. The van der Waals surface area contributed by atoms with Crippen molar-refractivity contribution in [2.45, 2.75) is 6.54 Å². The maximum Gasteiger partial charge on any atom is 0.346 e. The van der Waals surface area contributed by atoms with E-state index in [0.29, 0.717) is 12.5 Å². The summed E-state index contributed by atoms with van der Waals surface area (Å²) in [6.45, 7) is 0.688. The predicted molar refractivity (Wildman–Crippen MR) is 48.9 cm³/mol. The zero-order valence-electron chi connectivity index (χ0n) is 6.39. The first-order valence-corrected chi connectivity index (χ1v) is 4.06. The summed E-state index contributed by atoms with van der Waals surface area (Å²) < 4.78 is 0. The van der Waals surface area contributed by atoms with Gasteiger partial charge >= 0.3 is 5.96 Å². The molecule has 0 aromatic heterocycles. The average molecular weight is 183 g/mol. The number of guanidine groups is 1. The van der Waals surface area contributed by atoms with Crippen molar-refractivity contribution < 1.29 is 4.99 Å². The monoisotopic (exact) mass is 182 g/mol. The third-order valence-corrected chi connectivity index (χ3v) is 2.20. The van der Waals surface area contributed by atoms with Crippen molar-refractivity contribution >= 4 is 23.2 Å². The molecule has 0 saturated heterocycles. The molecule has 1 heterocycles. The molecule has 0 bridgehead atoms. The lowest BCUT2D eigenvalue weighted by molar-refractivity contribution is -0.477. The van der Waals surface area contributed by atoms with E-state index in [1.807, 2.05) is 18.2 Å². The zero-order valence-corrected chi connectivity index (χ0v) is 7.15. The second-order valence-electron chi connectivity index (χ2n) is 2.66. The molecule has 2 rings (SSSR count). The minimum Gasteiger partial charge on any atom is -0.291 e. The second kappa shape index (κ2) is 2.68. The molecule has 3 nitrogen and oxygen atoms in total. The molecule has 4 N–H and O–H groups in total. The molecule has 12 heavy (non-hydrogen) atoms. The fourth-order valence-corrected chi connectivity index (χ4v) is 1.47. The van der Waals surface area contributed by atoms with Gasteiger partial charge in [-0.25, -0.2) is 5.32 Å². The molecule has 0 amide bonds. The number of halogens is 1. The molecule has 0 aliphatic carbocycles. The number of rotatable bonds is 0. The number of anilines is 1. The second-order valence-corrected chi connectivity index (χ2v) is 3.07. The van der Waals surface area contributed by atoms with E-state index in [0.717, 1.165) is 16.3 Å². The Kier molecular flexibility index (Phi) is 1.66. The highest BCUT2D eigenvalue weighted by atomic mass is 35.5. The van der Waals surface area contributed by atoms with Crippen molar-refractivity contribution in [3.63, 3.8) is 0 Å². The van der Waals surface area contributed by atoms with Gasteiger partial charge in [-0.3, -0.25) is 10.7 Å². The van der Waals surface area contributed by atoms with Gasteiger partial charge in [0.1, 0.15) is 5.69 Å². The fourth-order valence-electron chi connectivity index (χ4n) is 1.23. The molecule has 4 heteroatoms. The molecular weight excluding hydrogens is 174 g/mol. The molecule has 0 fully saturated rings. The Bertz CT molecular complexity index is 346. The highest BCUT2D eigenvalue weighted by Gasteiger charge is 2.15. The Morgan fingerprint density at radius 1 is 1.50 bits per heavy atom. The van der Waals surface area contributed by atoms with Crippen LogP contribution in [-0.4, -0.2) is 5.96 Å². The first kappa shape index (κ1) is 7.43. The Labute approximate surface area is 75.2 Å². The van der Waals surface area contributed by atoms with E-state index in [4.69, 9.17) is 17.3 Å². The number of hydrogen-bond acceptors (Lipinski definition) is 2. The van der Waals surface area contributed by atoms with E-state index in [1.165, 1.54) is 0 Å². The normalized spacial score (nSPS) is 14.6. The number of hydrogen-bond donors (Lipinski definition) is 3. The van der Waals surface area contributed by atoms with Gasteiger partial charge in [-0.1, -0.05) is 17.7 Å². The topological polar surface area (TPSA) is 52.0 Å². The molecule has 1 aromatic rings. The Morgan fingerprint density at radius 3 is 3.17 bits per heavy atom. The molecule has 1 aromatic carbocycles. The number of fused-ring (bicyclic) bond motifs is 1. The summed E-state index contributed by atoms with van der Waals surface area (Å²) >= 11 is 5.96. The van der Waals surface area contributed by atoms with Crippen LogP contribution in [0.4, 0.5) is 5.69 Å². The summed E-state index contributed by atoms with van der Waals surface area (Å²) in [5.41, 5.74) is 7.60. The van der Waals surface area contributed by atoms with Crippen LogP contribution < -0.4 is 16.0 Å². The van der Waals surface area contributed by atoms with Crippen LogP contribution in [0.15, 0.2) is 18.2 Å². The van der Waals surface area contributed by atoms with E-state index < -0.39 is 0 Å². The quantitative estimate of drug-likeness (QED) is 0.514. The van der Waals surface area contributed by atoms with Crippen LogP contribution in [0.3, 0.4) is 0 Å². The molecular formula is C8H9ClN3+. The molecule has 0 radical (unpaired) electrons. The molecule has 1 aliphatic rings. The minimum absolute atomic E-state index is 0.574. The van der Waals surface area contributed by atoms with Gasteiger partial charge in [0.15, 0.2) is 0 Å². The summed E-state index contributed by atoms with van der Waals surface area (Å²) in [5, 5.41) is 3.76. The van der Waals surface area contributed by atoms with E-state index in [1.54, 1.807) is 0 Å². The smallest absolute Gasteiger partial charge is 0.291 e. The van der Waals surface area contributed by atoms with E-state index in [9.17, 15) is 0 Å². The van der Waals surface area contributed by atoms with Gasteiger partial charge in [0.05, 0.1) is 11.6 Å². The fraction of sp³-hybridized carbons (Fsp3) is 0.125. The van der Waals surface area contributed by atoms with Gasteiger partial charge in [-0.05, 0) is 12.1 Å². The maximum atomic E-state index is 5.96. The molecule has 0 unspecified atom stereocenters. The van der Waals surface area contributed by atoms with Gasteiger partial charge in [0.2, 0.25) is 0 Å². The van der Waals surface area contributed by atoms with Crippen molar-refractivity contribution in [3.8, 4) is 0 Å². The van der Waals surface area contributed by atoms with Crippen LogP contribution in [0, 0.1) is 0 Å². The lowest BCUT2D eigenvalue weighted by atomic mass is 10.1. The summed E-state index contributed by atoms with van der Waals surface area (Å²) in [5.74, 6) is 0.574. The van der Waals surface area contributed by atoms with E-state index >= 15 is 0 Å². The van der Waals surface area contributed by atoms with Crippen LogP contribution in [0.25, 0.3) is 0 Å². The first-order valence-electron chi connectivity index (χ1n) is 3.68. The van der Waals surface area contributed by atoms with Gasteiger partial charge in [-0.2, -0.15) is 0 Å². The summed E-state index contributed by atoms with van der Waals surface area (Å²) in [6.07, 6.45) is 0. The third kappa shape index (κ3) is 1.12. The number of nitrogens with two attached hydrogens (primary N) is 1. The maximum absolute atomic E-state index is 5.96. The summed E-state index contributed by atoms with van der Waals surface area (Å²) in [6, 6.07) is 5.72. The molecule has 0 spiro atoms. The van der Waals surface area contributed by atoms with Gasteiger partial charge in [0.25, 0.3) is 0 Å². The van der Waals surface area contributed by atoms with Gasteiger partial charge < -0.3 is 0 Å². The van der Waals surface area contributed by atoms with Crippen molar-refractivity contribution in [2.75, 3.05) is 5.32 Å². The van der Waals surface area contributed by atoms with Crippen molar-refractivity contribution in [3.05, 3.63) is 28.8 Å². The van der Waals surface area contributed by atoms with Crippen LogP contribution in [-0.2, 0) is 6.54 Å². The van der Waals surface area contributed by atoms with E-state index in [-0.39, 0.29) is 0 Å². The molecule has 0 saturated carbocycles. The zero-order chi connectivity index (χ0) is 8.55. The largest absolute Gasteiger partial charge is 0.346 e. The number of benzene rings is 1. The van der Waals surface area contributed by atoms with Crippen LogP contribution in [0.1, 0.15) is 5.56 Å². The molecule has 62 valence electrons. The average Bonchev–Trinajstić information content (AvgIpc) is 2.04. The highest BCUT2D eigenvalue weighted by molar-refractivity contribution is 6.31. The lowest BCUT2D eigenvalue weighted by Crippen LogP contribution is -2.77. The molecule has 0 atom stereocenters. The minimum atomic E-state index is 0.574. The van der Waals surface area contributed by atoms with Crippen LogP contribution in [0.5, 0.6) is 0 Å². The predicted octanol–water partition coefficient (Wildman–Crippen LogP) is -0.339. The van der Waals surface area contributed by atoms with Crippen molar-refractivity contribution in [1.82, 2.24) is 0 Å². The highest BCUT2D eigenvalue weighted by Crippen LogP contribution is 2.23. The first-order chi connectivity index (χ1) is 5.77. The van der Waals surface area contributed by atoms with Crippen LogP contribution in [0.2, 0.25) is 5.02 Å². The Morgan fingerprint density at radius 2 is 2.33 bits per heavy atom. The van der Waals surface area contributed by atoms with E-state index in [2.05, 4.69) is 10.3 Å². The third-order valence-electron chi connectivity index (χ3n) is 1.84. The van der Waals surface area contributed by atoms with Crippen molar-refractivity contribution in [2.24, 2.45) is 5.73 Å². The van der Waals surface area contributed by atoms with Gasteiger partial charge in [-0.15, -0.1) is 0 Å². The van der Waals surface area contributed by atoms with Gasteiger partial charge in [0, 0.05) is 5.56 Å². The Hall–Kier alpha value is -1.22. The van der Waals surface area contributed by atoms with Crippen molar-refractivity contribution in [1.29, 1.82) is 0 Å². The molecule has 1 aliphatic heterocycles. The standard InChI is InChI=1S/C8H8ClN3/c9-6-2-1-3-7-5(6)4-11-8(10)12-7/h1-3H,4H2,(H3,10,11,12)/p+1. The number of nitrogens with one attached hydrogen (secondary N) is 2. The SMILES string of the molecule is NC1=[NH+]Cc2c(Cl)cccc2N1.